The van der Waals surface area contributed by atoms with Crippen LogP contribution in [0.3, 0.4) is 0 Å². The van der Waals surface area contributed by atoms with Crippen LogP contribution in [0.1, 0.15) is 11.4 Å². The van der Waals surface area contributed by atoms with Gasteiger partial charge in [0.05, 0.1) is 18.5 Å². The molecule has 0 atom stereocenters. The Morgan fingerprint density at radius 1 is 1.17 bits per heavy atom. The zero-order chi connectivity index (χ0) is 13.3. The summed E-state index contributed by atoms with van der Waals surface area (Å²) in [7, 11) is 1.48. The molecule has 94 valence electrons. The van der Waals surface area contributed by atoms with Crippen LogP contribution < -0.4 is 10.5 Å². The molecule has 2 aromatic rings. The van der Waals surface area contributed by atoms with Crippen molar-refractivity contribution in [2.24, 2.45) is 0 Å². The molecule has 0 saturated carbocycles. The summed E-state index contributed by atoms with van der Waals surface area (Å²) in [6.07, 6.45) is 0. The lowest BCUT2D eigenvalue weighted by molar-refractivity contribution is 0.411. The average molecular weight is 247 g/mol. The lowest BCUT2D eigenvalue weighted by Gasteiger charge is -2.09. The fourth-order valence-corrected chi connectivity index (χ4v) is 1.63. The van der Waals surface area contributed by atoms with Crippen LogP contribution in [-0.4, -0.2) is 17.1 Å². The topological polar surface area (TPSA) is 61.0 Å². The maximum Gasteiger partial charge on any atom is 0.150 e. The van der Waals surface area contributed by atoms with E-state index in [1.165, 1.54) is 13.2 Å². The van der Waals surface area contributed by atoms with E-state index in [4.69, 9.17) is 10.5 Å². The molecule has 5 heteroatoms. The Kier molecular flexibility index (Phi) is 3.14. The Labute approximate surface area is 105 Å². The van der Waals surface area contributed by atoms with Crippen LogP contribution in [0.2, 0.25) is 0 Å². The Balaban J connectivity index is 2.58. The third-order valence-electron chi connectivity index (χ3n) is 2.77. The van der Waals surface area contributed by atoms with Gasteiger partial charge in [-0.05, 0) is 26.0 Å². The van der Waals surface area contributed by atoms with Gasteiger partial charge in [0.25, 0.3) is 0 Å². The zero-order valence-corrected chi connectivity index (χ0v) is 10.5. The van der Waals surface area contributed by atoms with E-state index in [1.54, 1.807) is 12.1 Å². The highest BCUT2D eigenvalue weighted by Crippen LogP contribution is 2.28. The highest BCUT2D eigenvalue weighted by molar-refractivity contribution is 5.71. The van der Waals surface area contributed by atoms with Crippen LogP contribution in [0.25, 0.3) is 11.3 Å². The highest BCUT2D eigenvalue weighted by Gasteiger charge is 2.13. The van der Waals surface area contributed by atoms with Crippen LogP contribution >= 0.6 is 0 Å². The van der Waals surface area contributed by atoms with Crippen molar-refractivity contribution in [3.05, 3.63) is 35.4 Å². The van der Waals surface area contributed by atoms with Gasteiger partial charge in [-0.1, -0.05) is 0 Å². The Morgan fingerprint density at radius 2 is 1.83 bits per heavy atom. The van der Waals surface area contributed by atoms with Crippen LogP contribution in [0.5, 0.6) is 5.75 Å². The van der Waals surface area contributed by atoms with E-state index in [1.807, 2.05) is 13.8 Å². The summed E-state index contributed by atoms with van der Waals surface area (Å²) >= 11 is 0. The number of methoxy groups -OCH3 is 1. The molecule has 1 heterocycles. The van der Waals surface area contributed by atoms with Gasteiger partial charge < -0.3 is 10.5 Å². The van der Waals surface area contributed by atoms with Gasteiger partial charge in [-0.15, -0.1) is 0 Å². The van der Waals surface area contributed by atoms with E-state index in [2.05, 4.69) is 9.97 Å². The molecule has 0 fully saturated rings. The molecule has 0 spiro atoms. The average Bonchev–Trinajstić information content (AvgIpc) is 2.34. The van der Waals surface area contributed by atoms with Crippen molar-refractivity contribution in [1.82, 2.24) is 9.97 Å². The van der Waals surface area contributed by atoms with Gasteiger partial charge in [0.15, 0.2) is 0 Å². The smallest absolute Gasteiger partial charge is 0.150 e. The van der Waals surface area contributed by atoms with E-state index in [-0.39, 0.29) is 5.82 Å². The second kappa shape index (κ2) is 4.60. The quantitative estimate of drug-likeness (QED) is 0.885. The molecule has 0 unspecified atom stereocenters. The van der Waals surface area contributed by atoms with Gasteiger partial charge in [-0.25, -0.2) is 14.4 Å². The zero-order valence-electron chi connectivity index (χ0n) is 10.5. The summed E-state index contributed by atoms with van der Waals surface area (Å²) in [6.45, 7) is 3.62. The SMILES string of the molecule is COc1ccc(-c2nc(C)c(C)nc2N)c(F)c1. The molecule has 0 aliphatic rings. The first-order chi connectivity index (χ1) is 8.52. The number of aromatic nitrogens is 2. The van der Waals surface area contributed by atoms with Gasteiger partial charge in [-0.3, -0.25) is 0 Å². The second-order valence-corrected chi connectivity index (χ2v) is 3.97. The van der Waals surface area contributed by atoms with Crippen molar-refractivity contribution in [3.63, 3.8) is 0 Å². The molecule has 1 aromatic heterocycles. The number of halogens is 1. The lowest BCUT2D eigenvalue weighted by Crippen LogP contribution is -2.03. The number of anilines is 1. The molecule has 0 bridgehead atoms. The summed E-state index contributed by atoms with van der Waals surface area (Å²) in [5.74, 6) is 0.243. The first-order valence-electron chi connectivity index (χ1n) is 5.47. The van der Waals surface area contributed by atoms with Crippen molar-refractivity contribution in [2.75, 3.05) is 12.8 Å². The molecule has 4 nitrogen and oxygen atoms in total. The molecule has 0 amide bonds. The van der Waals surface area contributed by atoms with E-state index >= 15 is 0 Å². The summed E-state index contributed by atoms with van der Waals surface area (Å²) in [5, 5.41) is 0. The number of benzene rings is 1. The van der Waals surface area contributed by atoms with E-state index < -0.39 is 5.82 Å². The summed E-state index contributed by atoms with van der Waals surface area (Å²) in [6, 6.07) is 4.55. The number of hydrogen-bond donors (Lipinski definition) is 1. The lowest BCUT2D eigenvalue weighted by atomic mass is 10.1. The number of nitrogens with zero attached hydrogens (tertiary/aromatic N) is 2. The third kappa shape index (κ3) is 2.11. The molecule has 0 aliphatic carbocycles. The summed E-state index contributed by atoms with van der Waals surface area (Å²) in [4.78, 5) is 8.44. The van der Waals surface area contributed by atoms with Crippen molar-refractivity contribution in [3.8, 4) is 17.0 Å². The maximum absolute atomic E-state index is 13.9. The number of ether oxygens (including phenoxy) is 1. The standard InChI is InChI=1S/C13H14FN3O/c1-7-8(2)17-13(15)12(16-7)10-5-4-9(18-3)6-11(10)14/h4-6H,1-3H3,(H2,15,17). The number of nitrogens with two attached hydrogens (primary N) is 1. The molecule has 1 aromatic carbocycles. The van der Waals surface area contributed by atoms with Crippen LogP contribution in [0.4, 0.5) is 10.2 Å². The van der Waals surface area contributed by atoms with Gasteiger partial charge in [0.1, 0.15) is 23.1 Å². The van der Waals surface area contributed by atoms with Crippen molar-refractivity contribution >= 4 is 5.82 Å². The predicted octanol–water partition coefficient (Wildman–Crippen LogP) is 2.49. The molecular formula is C13H14FN3O. The van der Waals surface area contributed by atoms with Crippen LogP contribution in [0, 0.1) is 19.7 Å². The second-order valence-electron chi connectivity index (χ2n) is 3.97. The van der Waals surface area contributed by atoms with Crippen molar-refractivity contribution in [1.29, 1.82) is 0 Å². The Hall–Kier alpha value is -2.17. The molecular weight excluding hydrogens is 233 g/mol. The van der Waals surface area contributed by atoms with Crippen LogP contribution in [0.15, 0.2) is 18.2 Å². The predicted molar refractivity (Wildman–Crippen MR) is 67.9 cm³/mol. The first-order valence-corrected chi connectivity index (χ1v) is 5.47. The van der Waals surface area contributed by atoms with Crippen molar-refractivity contribution < 1.29 is 9.13 Å². The van der Waals surface area contributed by atoms with Gasteiger partial charge in [-0.2, -0.15) is 0 Å². The van der Waals surface area contributed by atoms with Crippen molar-refractivity contribution in [2.45, 2.75) is 13.8 Å². The van der Waals surface area contributed by atoms with E-state index in [0.717, 1.165) is 11.4 Å². The maximum atomic E-state index is 13.9. The molecule has 0 radical (unpaired) electrons. The van der Waals surface area contributed by atoms with Gasteiger partial charge >= 0.3 is 0 Å². The Morgan fingerprint density at radius 3 is 2.44 bits per heavy atom. The minimum atomic E-state index is -0.432. The number of nitrogen functional groups attached to an aromatic ring is 1. The third-order valence-corrected chi connectivity index (χ3v) is 2.77. The number of hydrogen-bond acceptors (Lipinski definition) is 4. The van der Waals surface area contributed by atoms with E-state index in [9.17, 15) is 4.39 Å². The summed E-state index contributed by atoms with van der Waals surface area (Å²) in [5.41, 5.74) is 7.94. The number of aryl methyl sites for hydroxylation is 2. The fraction of sp³-hybridized carbons (Fsp3) is 0.231. The largest absolute Gasteiger partial charge is 0.497 e. The summed E-state index contributed by atoms with van der Waals surface area (Å²) < 4.78 is 18.9. The Bertz CT molecular complexity index is 599. The van der Waals surface area contributed by atoms with E-state index in [0.29, 0.717) is 17.0 Å². The van der Waals surface area contributed by atoms with Gasteiger partial charge in [0.2, 0.25) is 0 Å². The van der Waals surface area contributed by atoms with Gasteiger partial charge in [0, 0.05) is 11.6 Å². The highest BCUT2D eigenvalue weighted by atomic mass is 19.1. The molecule has 18 heavy (non-hydrogen) atoms. The monoisotopic (exact) mass is 247 g/mol. The molecule has 0 saturated heterocycles. The first kappa shape index (κ1) is 12.3. The minimum Gasteiger partial charge on any atom is -0.497 e. The molecule has 0 aliphatic heterocycles. The molecule has 2 rings (SSSR count). The minimum absolute atomic E-state index is 0.224. The molecule has 2 N–H and O–H groups in total. The normalized spacial score (nSPS) is 10.4. The van der Waals surface area contributed by atoms with Crippen LogP contribution in [-0.2, 0) is 0 Å². The fourth-order valence-electron chi connectivity index (χ4n) is 1.63. The number of rotatable bonds is 2.